The second-order valence-corrected chi connectivity index (χ2v) is 7.37. The van der Waals surface area contributed by atoms with Crippen molar-refractivity contribution in [2.24, 2.45) is 17.1 Å². The largest absolute Gasteiger partial charge is 0.341 e. The molecule has 116 valence electrons. The second-order valence-electron chi connectivity index (χ2n) is 6.45. The Balaban J connectivity index is 2.05. The summed E-state index contributed by atoms with van der Waals surface area (Å²) in [6, 6.07) is 8.11. The summed E-state index contributed by atoms with van der Waals surface area (Å²) in [5.41, 5.74) is 6.79. The van der Waals surface area contributed by atoms with Crippen LogP contribution in [0.4, 0.5) is 0 Å². The first-order valence-electron chi connectivity index (χ1n) is 7.67. The van der Waals surface area contributed by atoms with Gasteiger partial charge in [0.2, 0.25) is 5.91 Å². The number of hydrogen-bond donors (Lipinski definition) is 1. The van der Waals surface area contributed by atoms with Crippen molar-refractivity contribution in [1.29, 1.82) is 0 Å². The molecule has 1 aliphatic carbocycles. The number of hydrogen-bond acceptors (Lipinski definition) is 2. The lowest BCUT2D eigenvalue weighted by atomic mass is 9.70. The van der Waals surface area contributed by atoms with Crippen LogP contribution in [0.15, 0.2) is 28.7 Å². The van der Waals surface area contributed by atoms with E-state index in [1.54, 1.807) is 0 Å². The molecule has 0 heterocycles. The molecule has 1 aromatic carbocycles. The first-order valence-corrected chi connectivity index (χ1v) is 8.46. The van der Waals surface area contributed by atoms with Gasteiger partial charge in [-0.15, -0.1) is 0 Å². The van der Waals surface area contributed by atoms with E-state index in [4.69, 9.17) is 5.73 Å². The number of halogens is 1. The van der Waals surface area contributed by atoms with E-state index in [1.807, 2.05) is 36.2 Å². The average Bonchev–Trinajstić information content (AvgIpc) is 2.50. The Labute approximate surface area is 136 Å². The van der Waals surface area contributed by atoms with Gasteiger partial charge in [-0.3, -0.25) is 4.79 Å². The topological polar surface area (TPSA) is 46.3 Å². The Morgan fingerprint density at radius 3 is 2.43 bits per heavy atom. The lowest BCUT2D eigenvalue weighted by Gasteiger charge is -2.39. The third-order valence-corrected chi connectivity index (χ3v) is 5.28. The Morgan fingerprint density at radius 1 is 1.33 bits per heavy atom. The predicted molar refractivity (Wildman–Crippen MR) is 89.7 cm³/mol. The summed E-state index contributed by atoms with van der Waals surface area (Å²) in [6.07, 6.45) is 4.06. The van der Waals surface area contributed by atoms with E-state index >= 15 is 0 Å². The Morgan fingerprint density at radius 2 is 1.90 bits per heavy atom. The number of carbonyl (C=O) groups excluding carboxylic acids is 1. The molecule has 1 aliphatic rings. The van der Waals surface area contributed by atoms with E-state index in [0.717, 1.165) is 35.7 Å². The minimum Gasteiger partial charge on any atom is -0.341 e. The van der Waals surface area contributed by atoms with Gasteiger partial charge in [-0.2, -0.15) is 0 Å². The molecule has 0 radical (unpaired) electrons. The molecule has 1 aromatic rings. The quantitative estimate of drug-likeness (QED) is 0.900. The standard InChI is InChI=1S/C17H25BrN2O/c1-13-7-9-17(12-19,10-8-13)16(21)20(2)11-14-3-5-15(18)6-4-14/h3-6,13H,7-12,19H2,1-2H3. The van der Waals surface area contributed by atoms with E-state index < -0.39 is 0 Å². The minimum atomic E-state index is -0.337. The fourth-order valence-electron chi connectivity index (χ4n) is 3.16. The highest BCUT2D eigenvalue weighted by molar-refractivity contribution is 9.10. The summed E-state index contributed by atoms with van der Waals surface area (Å²) in [7, 11) is 1.89. The predicted octanol–water partition coefficient (Wildman–Crippen LogP) is 3.56. The van der Waals surface area contributed by atoms with Crippen LogP contribution < -0.4 is 5.73 Å². The highest BCUT2D eigenvalue weighted by Gasteiger charge is 2.41. The number of rotatable bonds is 4. The zero-order valence-corrected chi connectivity index (χ0v) is 14.5. The summed E-state index contributed by atoms with van der Waals surface area (Å²) in [5, 5.41) is 0. The fraction of sp³-hybridized carbons (Fsp3) is 0.588. The molecule has 2 N–H and O–H groups in total. The van der Waals surface area contributed by atoms with Crippen LogP contribution in [0.1, 0.15) is 38.2 Å². The minimum absolute atomic E-state index is 0.208. The van der Waals surface area contributed by atoms with Crippen molar-refractivity contribution < 1.29 is 4.79 Å². The first kappa shape index (κ1) is 16.5. The molecule has 0 spiro atoms. The van der Waals surface area contributed by atoms with Crippen molar-refractivity contribution in [2.75, 3.05) is 13.6 Å². The molecule has 1 fully saturated rings. The molecular formula is C17H25BrN2O. The summed E-state index contributed by atoms with van der Waals surface area (Å²) >= 11 is 3.43. The Kier molecular flexibility index (Phi) is 5.44. The smallest absolute Gasteiger partial charge is 0.230 e. The van der Waals surface area contributed by atoms with Gasteiger partial charge in [-0.1, -0.05) is 35.0 Å². The van der Waals surface area contributed by atoms with E-state index in [-0.39, 0.29) is 11.3 Å². The zero-order valence-electron chi connectivity index (χ0n) is 12.9. The molecule has 0 bridgehead atoms. The lowest BCUT2D eigenvalue weighted by molar-refractivity contribution is -0.143. The maximum Gasteiger partial charge on any atom is 0.230 e. The molecule has 1 amide bonds. The van der Waals surface area contributed by atoms with Gasteiger partial charge < -0.3 is 10.6 Å². The molecule has 4 heteroatoms. The van der Waals surface area contributed by atoms with Gasteiger partial charge >= 0.3 is 0 Å². The molecular weight excluding hydrogens is 328 g/mol. The summed E-state index contributed by atoms with van der Waals surface area (Å²) < 4.78 is 1.06. The van der Waals surface area contributed by atoms with Crippen LogP contribution in [0.2, 0.25) is 0 Å². The van der Waals surface area contributed by atoms with Crippen molar-refractivity contribution in [1.82, 2.24) is 4.90 Å². The van der Waals surface area contributed by atoms with E-state index in [9.17, 15) is 4.79 Å². The van der Waals surface area contributed by atoms with E-state index in [1.165, 1.54) is 0 Å². The van der Waals surface area contributed by atoms with Crippen molar-refractivity contribution >= 4 is 21.8 Å². The van der Waals surface area contributed by atoms with Crippen molar-refractivity contribution in [2.45, 2.75) is 39.2 Å². The number of benzene rings is 1. The SMILES string of the molecule is CC1CCC(CN)(C(=O)N(C)Cc2ccc(Br)cc2)CC1. The maximum atomic E-state index is 12.9. The molecule has 3 nitrogen and oxygen atoms in total. The van der Waals surface area contributed by atoms with Gasteiger partial charge in [-0.05, 0) is 49.3 Å². The molecule has 21 heavy (non-hydrogen) atoms. The van der Waals surface area contributed by atoms with E-state index in [2.05, 4.69) is 22.9 Å². The second kappa shape index (κ2) is 6.93. The van der Waals surface area contributed by atoms with Gasteiger partial charge in [0.25, 0.3) is 0 Å². The third kappa shape index (κ3) is 3.86. The molecule has 1 saturated carbocycles. The summed E-state index contributed by atoms with van der Waals surface area (Å²) in [5.74, 6) is 0.925. The van der Waals surface area contributed by atoms with Crippen LogP contribution in [-0.4, -0.2) is 24.4 Å². The van der Waals surface area contributed by atoms with Gasteiger partial charge in [0.1, 0.15) is 0 Å². The number of amides is 1. The highest BCUT2D eigenvalue weighted by atomic mass is 79.9. The molecule has 0 saturated heterocycles. The Bertz CT molecular complexity index is 478. The van der Waals surface area contributed by atoms with Crippen molar-refractivity contribution in [3.05, 3.63) is 34.3 Å². The normalized spacial score (nSPS) is 25.6. The van der Waals surface area contributed by atoms with Crippen LogP contribution in [0.5, 0.6) is 0 Å². The van der Waals surface area contributed by atoms with Crippen LogP contribution >= 0.6 is 15.9 Å². The van der Waals surface area contributed by atoms with Gasteiger partial charge in [0.15, 0.2) is 0 Å². The third-order valence-electron chi connectivity index (χ3n) is 4.76. The zero-order chi connectivity index (χ0) is 15.5. The van der Waals surface area contributed by atoms with Crippen molar-refractivity contribution in [3.8, 4) is 0 Å². The average molecular weight is 353 g/mol. The first-order chi connectivity index (χ1) is 9.97. The van der Waals surface area contributed by atoms with Crippen LogP contribution in [0.25, 0.3) is 0 Å². The lowest BCUT2D eigenvalue weighted by Crippen LogP contribution is -2.48. The molecule has 0 aliphatic heterocycles. The van der Waals surface area contributed by atoms with Gasteiger partial charge in [0, 0.05) is 24.6 Å². The van der Waals surface area contributed by atoms with Gasteiger partial charge in [0.05, 0.1) is 5.41 Å². The van der Waals surface area contributed by atoms with Crippen LogP contribution in [0.3, 0.4) is 0 Å². The highest BCUT2D eigenvalue weighted by Crippen LogP contribution is 2.39. The van der Waals surface area contributed by atoms with Crippen LogP contribution in [-0.2, 0) is 11.3 Å². The fourth-order valence-corrected chi connectivity index (χ4v) is 3.42. The van der Waals surface area contributed by atoms with Gasteiger partial charge in [-0.25, -0.2) is 0 Å². The Hall–Kier alpha value is -0.870. The molecule has 0 aromatic heterocycles. The summed E-state index contributed by atoms with van der Waals surface area (Å²) in [4.78, 5) is 14.7. The molecule has 0 unspecified atom stereocenters. The number of nitrogens with two attached hydrogens (primary N) is 1. The number of nitrogens with zero attached hydrogens (tertiary/aromatic N) is 1. The van der Waals surface area contributed by atoms with E-state index in [0.29, 0.717) is 19.0 Å². The van der Waals surface area contributed by atoms with Crippen LogP contribution in [0, 0.1) is 11.3 Å². The van der Waals surface area contributed by atoms with Crippen molar-refractivity contribution in [3.63, 3.8) is 0 Å². The number of carbonyl (C=O) groups is 1. The summed E-state index contributed by atoms with van der Waals surface area (Å²) in [6.45, 7) is 3.36. The molecule has 0 atom stereocenters. The monoisotopic (exact) mass is 352 g/mol. The molecule has 2 rings (SSSR count). The maximum absolute atomic E-state index is 12.9.